The van der Waals surface area contributed by atoms with Gasteiger partial charge in [-0.25, -0.2) is 0 Å². The maximum atomic E-state index is 10.3. The van der Waals surface area contributed by atoms with Crippen molar-refractivity contribution >= 4 is 0 Å². The highest BCUT2D eigenvalue weighted by molar-refractivity contribution is 5.35. The Balaban J connectivity index is 2.26. The van der Waals surface area contributed by atoms with E-state index in [-0.39, 0.29) is 6.10 Å². The molecule has 0 saturated heterocycles. The first-order chi connectivity index (χ1) is 9.16. The van der Waals surface area contributed by atoms with E-state index in [4.69, 9.17) is 0 Å². The van der Waals surface area contributed by atoms with Crippen LogP contribution in [0.5, 0.6) is 0 Å². The fourth-order valence-electron chi connectivity index (χ4n) is 2.79. The van der Waals surface area contributed by atoms with E-state index < -0.39 is 0 Å². The first-order valence-electron chi connectivity index (χ1n) is 7.91. The number of unbranched alkanes of at least 4 members (excludes halogenated alkanes) is 6. The molecule has 0 aromatic heterocycles. The predicted molar refractivity (Wildman–Crippen MR) is 83.5 cm³/mol. The minimum absolute atomic E-state index is 0.281. The summed E-state index contributed by atoms with van der Waals surface area (Å²) in [5, 5.41) is 10.3. The van der Waals surface area contributed by atoms with Gasteiger partial charge in [-0.05, 0) is 37.0 Å². The molecule has 0 amide bonds. The molecule has 0 fully saturated rings. The summed E-state index contributed by atoms with van der Waals surface area (Å²) >= 11 is 0. The van der Waals surface area contributed by atoms with Crippen LogP contribution in [0.4, 0.5) is 0 Å². The van der Waals surface area contributed by atoms with Gasteiger partial charge < -0.3 is 5.11 Å². The zero-order valence-corrected chi connectivity index (χ0v) is 12.9. The number of aliphatic hydroxyl groups excluding tert-OH is 1. The van der Waals surface area contributed by atoms with Crippen LogP contribution in [-0.2, 0) is 0 Å². The molecule has 1 aromatic rings. The summed E-state index contributed by atoms with van der Waals surface area (Å²) < 4.78 is 0. The molecule has 1 rings (SSSR count). The van der Waals surface area contributed by atoms with Crippen LogP contribution in [0.3, 0.4) is 0 Å². The van der Waals surface area contributed by atoms with Crippen LogP contribution in [0.2, 0.25) is 0 Å². The highest BCUT2D eigenvalue weighted by Gasteiger charge is 2.12. The molecule has 1 N–H and O–H groups in total. The SMILES string of the molecule is CCCCCCCCCC(O)c1c(C)cccc1C. The zero-order valence-electron chi connectivity index (χ0n) is 12.9. The molecule has 0 heterocycles. The van der Waals surface area contributed by atoms with E-state index in [2.05, 4.69) is 39.0 Å². The maximum absolute atomic E-state index is 10.3. The summed E-state index contributed by atoms with van der Waals surface area (Å²) in [6, 6.07) is 6.25. The second kappa shape index (κ2) is 9.14. The molecular formula is C18H30O. The molecule has 0 spiro atoms. The molecule has 0 bridgehead atoms. The van der Waals surface area contributed by atoms with Crippen LogP contribution in [0.15, 0.2) is 18.2 Å². The van der Waals surface area contributed by atoms with Crippen molar-refractivity contribution in [2.24, 2.45) is 0 Å². The molecule has 19 heavy (non-hydrogen) atoms. The van der Waals surface area contributed by atoms with Crippen LogP contribution >= 0.6 is 0 Å². The molecule has 0 aliphatic heterocycles. The smallest absolute Gasteiger partial charge is 0.0795 e. The molecule has 1 aromatic carbocycles. The van der Waals surface area contributed by atoms with E-state index in [9.17, 15) is 5.11 Å². The van der Waals surface area contributed by atoms with Crippen LogP contribution in [0.25, 0.3) is 0 Å². The summed E-state index contributed by atoms with van der Waals surface area (Å²) in [5.41, 5.74) is 3.58. The summed E-state index contributed by atoms with van der Waals surface area (Å²) in [6.45, 7) is 6.44. The average Bonchev–Trinajstić information content (AvgIpc) is 2.37. The van der Waals surface area contributed by atoms with Crippen molar-refractivity contribution in [3.63, 3.8) is 0 Å². The van der Waals surface area contributed by atoms with Gasteiger partial charge >= 0.3 is 0 Å². The van der Waals surface area contributed by atoms with Crippen molar-refractivity contribution in [1.82, 2.24) is 0 Å². The minimum atomic E-state index is -0.281. The topological polar surface area (TPSA) is 20.2 Å². The fourth-order valence-corrected chi connectivity index (χ4v) is 2.79. The van der Waals surface area contributed by atoms with E-state index in [1.165, 1.54) is 49.7 Å². The van der Waals surface area contributed by atoms with Crippen LogP contribution in [0, 0.1) is 13.8 Å². The number of hydrogen-bond donors (Lipinski definition) is 1. The van der Waals surface area contributed by atoms with Crippen molar-refractivity contribution < 1.29 is 5.11 Å². The highest BCUT2D eigenvalue weighted by Crippen LogP contribution is 2.26. The Morgan fingerprint density at radius 2 is 1.42 bits per heavy atom. The zero-order chi connectivity index (χ0) is 14.1. The summed E-state index contributed by atoms with van der Waals surface area (Å²) in [7, 11) is 0. The lowest BCUT2D eigenvalue weighted by molar-refractivity contribution is 0.162. The number of rotatable bonds is 9. The van der Waals surface area contributed by atoms with Gasteiger partial charge in [0.25, 0.3) is 0 Å². The predicted octanol–water partition coefficient (Wildman–Crippen LogP) is 5.48. The Morgan fingerprint density at radius 1 is 0.895 bits per heavy atom. The third kappa shape index (κ3) is 5.78. The van der Waals surface area contributed by atoms with Gasteiger partial charge in [-0.3, -0.25) is 0 Å². The third-order valence-electron chi connectivity index (χ3n) is 3.96. The second-order valence-corrected chi connectivity index (χ2v) is 5.73. The van der Waals surface area contributed by atoms with Crippen molar-refractivity contribution in [3.05, 3.63) is 34.9 Å². The molecule has 1 heteroatoms. The van der Waals surface area contributed by atoms with E-state index in [1.54, 1.807) is 0 Å². The Labute approximate surface area is 119 Å². The summed E-state index contributed by atoms with van der Waals surface area (Å²) in [6.07, 6.45) is 9.74. The standard InChI is InChI=1S/C18H30O/c1-4-5-6-7-8-9-10-14-17(19)18-15(2)12-11-13-16(18)3/h11-13,17,19H,4-10,14H2,1-3H3. The Kier molecular flexibility index (Phi) is 7.81. The van der Waals surface area contributed by atoms with E-state index in [0.717, 1.165) is 18.4 Å². The number of hydrogen-bond acceptors (Lipinski definition) is 1. The molecular weight excluding hydrogens is 232 g/mol. The fraction of sp³-hybridized carbons (Fsp3) is 0.667. The normalized spacial score (nSPS) is 12.6. The van der Waals surface area contributed by atoms with Gasteiger partial charge in [0.2, 0.25) is 0 Å². The Morgan fingerprint density at radius 3 is 2.00 bits per heavy atom. The Bertz CT molecular complexity index is 336. The van der Waals surface area contributed by atoms with Gasteiger partial charge in [0.15, 0.2) is 0 Å². The highest BCUT2D eigenvalue weighted by atomic mass is 16.3. The van der Waals surface area contributed by atoms with Crippen LogP contribution in [-0.4, -0.2) is 5.11 Å². The number of aryl methyl sites for hydroxylation is 2. The van der Waals surface area contributed by atoms with E-state index >= 15 is 0 Å². The summed E-state index contributed by atoms with van der Waals surface area (Å²) in [4.78, 5) is 0. The van der Waals surface area contributed by atoms with E-state index in [1.807, 2.05) is 0 Å². The van der Waals surface area contributed by atoms with Gasteiger partial charge in [-0.15, -0.1) is 0 Å². The molecule has 1 nitrogen and oxygen atoms in total. The molecule has 0 aliphatic rings. The van der Waals surface area contributed by atoms with Gasteiger partial charge in [0, 0.05) is 0 Å². The summed E-state index contributed by atoms with van der Waals surface area (Å²) in [5.74, 6) is 0. The second-order valence-electron chi connectivity index (χ2n) is 5.73. The van der Waals surface area contributed by atoms with Crippen LogP contribution in [0.1, 0.15) is 81.1 Å². The first-order valence-corrected chi connectivity index (χ1v) is 7.91. The molecule has 108 valence electrons. The van der Waals surface area contributed by atoms with Gasteiger partial charge in [0.1, 0.15) is 0 Å². The third-order valence-corrected chi connectivity index (χ3v) is 3.96. The number of benzene rings is 1. The van der Waals surface area contributed by atoms with Crippen LogP contribution < -0.4 is 0 Å². The Hall–Kier alpha value is -0.820. The lowest BCUT2D eigenvalue weighted by atomic mass is 9.94. The van der Waals surface area contributed by atoms with Crippen molar-refractivity contribution in [2.45, 2.75) is 78.2 Å². The molecule has 1 atom stereocenters. The molecule has 0 saturated carbocycles. The monoisotopic (exact) mass is 262 g/mol. The molecule has 0 radical (unpaired) electrons. The first kappa shape index (κ1) is 16.2. The van der Waals surface area contributed by atoms with Gasteiger partial charge in [-0.2, -0.15) is 0 Å². The molecule has 0 aliphatic carbocycles. The maximum Gasteiger partial charge on any atom is 0.0795 e. The van der Waals surface area contributed by atoms with E-state index in [0.29, 0.717) is 0 Å². The largest absolute Gasteiger partial charge is 0.388 e. The van der Waals surface area contributed by atoms with Gasteiger partial charge in [0.05, 0.1) is 6.10 Å². The lowest BCUT2D eigenvalue weighted by Gasteiger charge is -2.16. The number of aliphatic hydroxyl groups is 1. The van der Waals surface area contributed by atoms with Crippen molar-refractivity contribution in [1.29, 1.82) is 0 Å². The quantitative estimate of drug-likeness (QED) is 0.584. The minimum Gasteiger partial charge on any atom is -0.388 e. The van der Waals surface area contributed by atoms with Crippen molar-refractivity contribution in [3.8, 4) is 0 Å². The lowest BCUT2D eigenvalue weighted by Crippen LogP contribution is -2.02. The van der Waals surface area contributed by atoms with Crippen molar-refractivity contribution in [2.75, 3.05) is 0 Å². The average molecular weight is 262 g/mol. The van der Waals surface area contributed by atoms with Gasteiger partial charge in [-0.1, -0.05) is 70.1 Å². The molecule has 1 unspecified atom stereocenters.